The molecule has 2 saturated heterocycles. The molecule has 4 unspecified atom stereocenters. The Kier molecular flexibility index (Phi) is 5.84. The molecule has 6 heteroatoms. The summed E-state index contributed by atoms with van der Waals surface area (Å²) in [5.41, 5.74) is 0. The van der Waals surface area contributed by atoms with E-state index in [4.69, 9.17) is 9.47 Å². The predicted molar refractivity (Wildman–Crippen MR) is 78.6 cm³/mol. The van der Waals surface area contributed by atoms with Crippen LogP contribution in [0.5, 0.6) is 0 Å². The van der Waals surface area contributed by atoms with Crippen LogP contribution in [0.1, 0.15) is 33.1 Å². The van der Waals surface area contributed by atoms with Crippen molar-refractivity contribution in [1.82, 2.24) is 5.32 Å². The van der Waals surface area contributed by atoms with Gasteiger partial charge in [0.05, 0.1) is 23.7 Å². The maximum absolute atomic E-state index is 12.6. The van der Waals surface area contributed by atoms with Crippen LogP contribution in [0.3, 0.4) is 0 Å². The van der Waals surface area contributed by atoms with Crippen LogP contribution in [0.2, 0.25) is 0 Å². The lowest BCUT2D eigenvalue weighted by molar-refractivity contribution is 0.126. The second-order valence-electron chi connectivity index (χ2n) is 5.92. The molecule has 0 saturated carbocycles. The first kappa shape index (κ1) is 16.2. The summed E-state index contributed by atoms with van der Waals surface area (Å²) in [5.74, 6) is 0.522. The summed E-state index contributed by atoms with van der Waals surface area (Å²) in [7, 11) is -3.12. The largest absolute Gasteiger partial charge is 0.381 e. The van der Waals surface area contributed by atoms with Crippen LogP contribution in [0.25, 0.3) is 0 Å². The van der Waals surface area contributed by atoms with Gasteiger partial charge >= 0.3 is 0 Å². The molecule has 5 nitrogen and oxygen atoms in total. The summed E-state index contributed by atoms with van der Waals surface area (Å²) < 4.78 is 36.1. The molecular weight excluding hydrogens is 278 g/mol. The van der Waals surface area contributed by atoms with Crippen LogP contribution >= 0.6 is 0 Å². The molecule has 2 heterocycles. The van der Waals surface area contributed by atoms with Crippen LogP contribution in [-0.2, 0) is 19.3 Å². The van der Waals surface area contributed by atoms with E-state index in [9.17, 15) is 8.42 Å². The molecule has 0 aromatic rings. The Morgan fingerprint density at radius 3 is 2.65 bits per heavy atom. The van der Waals surface area contributed by atoms with Crippen molar-refractivity contribution >= 4 is 9.84 Å². The van der Waals surface area contributed by atoms with Crippen molar-refractivity contribution in [3.63, 3.8) is 0 Å². The average Bonchev–Trinajstić information content (AvgIpc) is 3.05. The highest BCUT2D eigenvalue weighted by atomic mass is 32.2. The lowest BCUT2D eigenvalue weighted by Gasteiger charge is -2.26. The van der Waals surface area contributed by atoms with Crippen molar-refractivity contribution in [2.24, 2.45) is 5.92 Å². The van der Waals surface area contributed by atoms with Crippen molar-refractivity contribution in [1.29, 1.82) is 0 Å². The number of sulfone groups is 1. The summed E-state index contributed by atoms with van der Waals surface area (Å²) in [6, 6.07) is 0.00949. The zero-order valence-corrected chi connectivity index (χ0v) is 13.3. The molecule has 118 valence electrons. The molecule has 0 spiro atoms. The summed E-state index contributed by atoms with van der Waals surface area (Å²) in [5, 5.41) is 3.07. The standard InChI is InChI=1S/C14H27NO4S/c1-3-6-15-13(12-4-7-18-9-12)10-20(16,17)14-5-8-19-11(14)2/h11-15H,3-10H2,1-2H3. The van der Waals surface area contributed by atoms with Crippen molar-refractivity contribution in [2.75, 3.05) is 32.1 Å². The number of nitrogens with one attached hydrogen (secondary N) is 1. The Hall–Kier alpha value is -0.170. The lowest BCUT2D eigenvalue weighted by Crippen LogP contribution is -2.45. The fraction of sp³-hybridized carbons (Fsp3) is 1.00. The van der Waals surface area contributed by atoms with Gasteiger partial charge in [0.1, 0.15) is 0 Å². The van der Waals surface area contributed by atoms with E-state index >= 15 is 0 Å². The number of hydrogen-bond donors (Lipinski definition) is 1. The second-order valence-corrected chi connectivity index (χ2v) is 8.18. The van der Waals surface area contributed by atoms with E-state index in [2.05, 4.69) is 12.2 Å². The monoisotopic (exact) mass is 305 g/mol. The Labute approximate surface area is 122 Å². The van der Waals surface area contributed by atoms with E-state index < -0.39 is 9.84 Å². The van der Waals surface area contributed by atoms with Gasteiger partial charge in [0, 0.05) is 25.2 Å². The minimum atomic E-state index is -3.12. The highest BCUT2D eigenvalue weighted by Crippen LogP contribution is 2.25. The third-order valence-corrected chi connectivity index (χ3v) is 6.74. The Morgan fingerprint density at radius 2 is 2.10 bits per heavy atom. The molecule has 0 aromatic heterocycles. The maximum Gasteiger partial charge on any atom is 0.157 e. The van der Waals surface area contributed by atoms with Crippen molar-refractivity contribution in [3.8, 4) is 0 Å². The van der Waals surface area contributed by atoms with Gasteiger partial charge in [0.15, 0.2) is 9.84 Å². The molecular formula is C14H27NO4S. The van der Waals surface area contributed by atoms with E-state index in [0.717, 1.165) is 26.0 Å². The van der Waals surface area contributed by atoms with Gasteiger partial charge < -0.3 is 14.8 Å². The Bertz CT molecular complexity index is 392. The van der Waals surface area contributed by atoms with E-state index in [1.165, 1.54) is 0 Å². The van der Waals surface area contributed by atoms with Crippen LogP contribution in [0, 0.1) is 5.92 Å². The third-order valence-electron chi connectivity index (χ3n) is 4.37. The van der Waals surface area contributed by atoms with E-state index in [0.29, 0.717) is 25.6 Å². The molecule has 1 N–H and O–H groups in total. The van der Waals surface area contributed by atoms with Crippen LogP contribution < -0.4 is 5.32 Å². The topological polar surface area (TPSA) is 64.6 Å². The number of ether oxygens (including phenoxy) is 2. The highest BCUT2D eigenvalue weighted by molar-refractivity contribution is 7.92. The Balaban J connectivity index is 2.01. The molecule has 2 fully saturated rings. The van der Waals surface area contributed by atoms with Crippen LogP contribution in [0.15, 0.2) is 0 Å². The Morgan fingerprint density at radius 1 is 1.30 bits per heavy atom. The lowest BCUT2D eigenvalue weighted by atomic mass is 10.0. The third kappa shape index (κ3) is 3.93. The van der Waals surface area contributed by atoms with E-state index in [-0.39, 0.29) is 23.1 Å². The quantitative estimate of drug-likeness (QED) is 0.760. The van der Waals surface area contributed by atoms with Crippen molar-refractivity contribution in [3.05, 3.63) is 0 Å². The number of rotatable bonds is 7. The van der Waals surface area contributed by atoms with Gasteiger partial charge in [-0.3, -0.25) is 0 Å². The molecule has 0 bridgehead atoms. The zero-order valence-electron chi connectivity index (χ0n) is 12.5. The zero-order chi connectivity index (χ0) is 14.6. The van der Waals surface area contributed by atoms with Gasteiger partial charge in [0.2, 0.25) is 0 Å². The van der Waals surface area contributed by atoms with Gasteiger partial charge in [-0.1, -0.05) is 6.92 Å². The molecule has 2 aliphatic rings. The molecule has 2 rings (SSSR count). The fourth-order valence-electron chi connectivity index (χ4n) is 3.12. The normalized spacial score (nSPS) is 32.6. The summed E-state index contributed by atoms with van der Waals surface area (Å²) in [6.45, 7) is 6.79. The molecule has 2 aliphatic heterocycles. The minimum absolute atomic E-state index is 0.00949. The van der Waals surface area contributed by atoms with Crippen molar-refractivity contribution < 1.29 is 17.9 Å². The highest BCUT2D eigenvalue weighted by Gasteiger charge is 2.39. The summed E-state index contributed by atoms with van der Waals surface area (Å²) in [6.07, 6.45) is 2.41. The second kappa shape index (κ2) is 7.20. The average molecular weight is 305 g/mol. The summed E-state index contributed by atoms with van der Waals surface area (Å²) >= 11 is 0. The minimum Gasteiger partial charge on any atom is -0.381 e. The molecule has 4 atom stereocenters. The molecule has 0 aromatic carbocycles. The SMILES string of the molecule is CCCNC(CS(=O)(=O)C1CCOC1C)C1CCOC1. The molecule has 0 radical (unpaired) electrons. The fourth-order valence-corrected chi connectivity index (χ4v) is 5.37. The first-order valence-electron chi connectivity index (χ1n) is 7.69. The van der Waals surface area contributed by atoms with Gasteiger partial charge in [-0.2, -0.15) is 0 Å². The maximum atomic E-state index is 12.6. The smallest absolute Gasteiger partial charge is 0.157 e. The van der Waals surface area contributed by atoms with Crippen molar-refractivity contribution in [2.45, 2.75) is 50.5 Å². The number of hydrogen-bond acceptors (Lipinski definition) is 5. The van der Waals surface area contributed by atoms with Gasteiger partial charge in [-0.15, -0.1) is 0 Å². The first-order valence-corrected chi connectivity index (χ1v) is 9.40. The molecule has 0 aliphatic carbocycles. The van der Waals surface area contributed by atoms with Gasteiger partial charge in [-0.05, 0) is 32.7 Å². The molecule has 20 heavy (non-hydrogen) atoms. The van der Waals surface area contributed by atoms with E-state index in [1.54, 1.807) is 0 Å². The van der Waals surface area contributed by atoms with Gasteiger partial charge in [0.25, 0.3) is 0 Å². The van der Waals surface area contributed by atoms with E-state index in [1.807, 2.05) is 6.92 Å². The molecule has 0 amide bonds. The van der Waals surface area contributed by atoms with Crippen LogP contribution in [0.4, 0.5) is 0 Å². The van der Waals surface area contributed by atoms with Crippen LogP contribution in [-0.4, -0.2) is 57.9 Å². The first-order chi connectivity index (χ1) is 9.54. The van der Waals surface area contributed by atoms with Gasteiger partial charge in [-0.25, -0.2) is 8.42 Å². The summed E-state index contributed by atoms with van der Waals surface area (Å²) in [4.78, 5) is 0. The predicted octanol–water partition coefficient (Wildman–Crippen LogP) is 0.983.